The third-order valence-corrected chi connectivity index (χ3v) is 2.29. The second-order valence-corrected chi connectivity index (χ2v) is 3.81. The second kappa shape index (κ2) is 6.26. The van der Waals surface area contributed by atoms with Crippen LogP contribution in [0.3, 0.4) is 0 Å². The summed E-state index contributed by atoms with van der Waals surface area (Å²) in [4.78, 5) is 15.5. The Morgan fingerprint density at radius 2 is 1.94 bits per heavy atom. The van der Waals surface area contributed by atoms with Crippen molar-refractivity contribution < 1.29 is 9.90 Å². The molecule has 1 rings (SSSR count). The summed E-state index contributed by atoms with van der Waals surface area (Å²) in [5.74, 6) is -1.21. The van der Waals surface area contributed by atoms with E-state index in [2.05, 4.69) is 4.85 Å². The van der Waals surface area contributed by atoms with Crippen LogP contribution in [0.4, 0.5) is 5.69 Å². The van der Waals surface area contributed by atoms with Gasteiger partial charge in [-0.05, 0) is 23.8 Å². The molecule has 0 fully saturated rings. The zero-order valence-electron chi connectivity index (χ0n) is 10.3. The van der Waals surface area contributed by atoms with E-state index in [1.807, 2.05) is 43.3 Å². The minimum atomic E-state index is -1.21. The molecule has 0 bridgehead atoms. The first-order valence-electron chi connectivity index (χ1n) is 5.31. The minimum absolute atomic E-state index is 0.295. The molecular formula is C14H14N2O2. The topological polar surface area (TPSA) is 44.9 Å². The molecule has 0 aliphatic heterocycles. The molecule has 0 aliphatic rings. The van der Waals surface area contributed by atoms with Gasteiger partial charge in [-0.3, -0.25) is 4.79 Å². The summed E-state index contributed by atoms with van der Waals surface area (Å²) < 4.78 is 0. The average Bonchev–Trinajstić information content (AvgIpc) is 2.34. The summed E-state index contributed by atoms with van der Waals surface area (Å²) in [6.45, 7) is 6.69. The van der Waals surface area contributed by atoms with E-state index < -0.39 is 5.97 Å². The van der Waals surface area contributed by atoms with Crippen LogP contribution in [0, 0.1) is 6.57 Å². The highest BCUT2D eigenvalue weighted by Crippen LogP contribution is 2.13. The Kier molecular flexibility index (Phi) is 4.70. The normalized spacial score (nSPS) is 11.3. The molecule has 0 saturated heterocycles. The molecule has 0 radical (unpaired) electrons. The van der Waals surface area contributed by atoms with Crippen LogP contribution in [0.5, 0.6) is 0 Å². The van der Waals surface area contributed by atoms with E-state index in [1.165, 1.54) is 6.08 Å². The van der Waals surface area contributed by atoms with Crippen molar-refractivity contribution >= 4 is 17.7 Å². The standard InChI is InChI=1S/C14H14N2O2/c1-15-13(14(17)18)6-4-5-11-7-9-12(10-8-11)16(2)3/h4-10H,2-3H3,(H,17,18)/b5-4+,13-6-. The summed E-state index contributed by atoms with van der Waals surface area (Å²) >= 11 is 0. The predicted molar refractivity (Wildman–Crippen MR) is 72.1 cm³/mol. The smallest absolute Gasteiger partial charge is 0.333 e. The van der Waals surface area contributed by atoms with Gasteiger partial charge in [0.1, 0.15) is 0 Å². The number of aliphatic carboxylic acids is 1. The number of allylic oxidation sites excluding steroid dienone is 2. The third-order valence-electron chi connectivity index (χ3n) is 2.29. The molecule has 4 heteroatoms. The summed E-state index contributed by atoms with van der Waals surface area (Å²) in [6.07, 6.45) is 4.61. The molecule has 0 aromatic heterocycles. The molecule has 0 amide bonds. The van der Waals surface area contributed by atoms with Crippen molar-refractivity contribution in [3.8, 4) is 0 Å². The van der Waals surface area contributed by atoms with Crippen LogP contribution in [0.15, 0.2) is 42.1 Å². The summed E-state index contributed by atoms with van der Waals surface area (Å²) in [6, 6.07) is 7.79. The Morgan fingerprint density at radius 3 is 2.39 bits per heavy atom. The Labute approximate surface area is 106 Å². The molecule has 1 aromatic rings. The Bertz CT molecular complexity index is 520. The molecule has 92 valence electrons. The lowest BCUT2D eigenvalue weighted by Crippen LogP contribution is -2.07. The van der Waals surface area contributed by atoms with Gasteiger partial charge in [0, 0.05) is 19.8 Å². The van der Waals surface area contributed by atoms with Gasteiger partial charge in [0.2, 0.25) is 0 Å². The fraction of sp³-hybridized carbons (Fsp3) is 0.143. The first kappa shape index (κ1) is 13.5. The number of carboxylic acid groups (broad SMARTS) is 1. The molecule has 1 aromatic carbocycles. The van der Waals surface area contributed by atoms with E-state index in [0.29, 0.717) is 0 Å². The van der Waals surface area contributed by atoms with E-state index in [9.17, 15) is 4.79 Å². The van der Waals surface area contributed by atoms with Crippen LogP contribution in [0.25, 0.3) is 10.9 Å². The Balaban J connectivity index is 2.80. The monoisotopic (exact) mass is 242 g/mol. The molecule has 1 N–H and O–H groups in total. The highest BCUT2D eigenvalue weighted by Gasteiger charge is 2.03. The fourth-order valence-corrected chi connectivity index (χ4v) is 1.29. The predicted octanol–water partition coefficient (Wildman–Crippen LogP) is 2.65. The van der Waals surface area contributed by atoms with Crippen LogP contribution >= 0.6 is 0 Å². The molecule has 0 spiro atoms. The van der Waals surface area contributed by atoms with Crippen molar-refractivity contribution in [2.75, 3.05) is 19.0 Å². The fourth-order valence-electron chi connectivity index (χ4n) is 1.29. The lowest BCUT2D eigenvalue weighted by Gasteiger charge is -2.11. The lowest BCUT2D eigenvalue weighted by molar-refractivity contribution is -0.132. The van der Waals surface area contributed by atoms with Gasteiger partial charge >= 0.3 is 5.97 Å². The van der Waals surface area contributed by atoms with Crippen LogP contribution < -0.4 is 4.90 Å². The van der Waals surface area contributed by atoms with Crippen molar-refractivity contribution in [3.05, 3.63) is 59.1 Å². The maximum Gasteiger partial charge on any atom is 0.333 e. The van der Waals surface area contributed by atoms with Gasteiger partial charge in [-0.15, -0.1) is 0 Å². The molecule has 0 saturated carbocycles. The summed E-state index contributed by atoms with van der Waals surface area (Å²) in [7, 11) is 3.92. The van der Waals surface area contributed by atoms with Gasteiger partial charge in [-0.25, -0.2) is 4.85 Å². The zero-order chi connectivity index (χ0) is 13.5. The number of anilines is 1. The molecule has 0 heterocycles. The van der Waals surface area contributed by atoms with E-state index in [4.69, 9.17) is 11.7 Å². The van der Waals surface area contributed by atoms with Gasteiger partial charge in [0.15, 0.2) is 0 Å². The van der Waals surface area contributed by atoms with Crippen molar-refractivity contribution in [3.63, 3.8) is 0 Å². The lowest BCUT2D eigenvalue weighted by atomic mass is 10.2. The number of carboxylic acids is 1. The van der Waals surface area contributed by atoms with Crippen molar-refractivity contribution in [2.45, 2.75) is 0 Å². The van der Waals surface area contributed by atoms with Crippen LogP contribution in [0.2, 0.25) is 0 Å². The van der Waals surface area contributed by atoms with Gasteiger partial charge in [0.05, 0.1) is 6.57 Å². The van der Waals surface area contributed by atoms with Gasteiger partial charge in [-0.1, -0.05) is 24.3 Å². The van der Waals surface area contributed by atoms with E-state index in [0.717, 1.165) is 11.3 Å². The molecule has 18 heavy (non-hydrogen) atoms. The molecule has 0 aliphatic carbocycles. The molecular weight excluding hydrogens is 228 g/mol. The number of hydrogen-bond acceptors (Lipinski definition) is 2. The highest BCUT2D eigenvalue weighted by molar-refractivity contribution is 5.89. The van der Waals surface area contributed by atoms with Gasteiger partial charge in [0.25, 0.3) is 5.70 Å². The molecule has 4 nitrogen and oxygen atoms in total. The Hall–Kier alpha value is -2.54. The number of benzene rings is 1. The minimum Gasteiger partial charge on any atom is -0.486 e. The van der Waals surface area contributed by atoms with E-state index >= 15 is 0 Å². The van der Waals surface area contributed by atoms with Crippen molar-refractivity contribution in [2.24, 2.45) is 0 Å². The number of rotatable bonds is 4. The Morgan fingerprint density at radius 1 is 1.33 bits per heavy atom. The number of nitrogens with zero attached hydrogens (tertiary/aromatic N) is 2. The zero-order valence-corrected chi connectivity index (χ0v) is 10.3. The van der Waals surface area contributed by atoms with Gasteiger partial charge in [-0.2, -0.15) is 0 Å². The number of hydrogen-bond donors (Lipinski definition) is 1. The number of carbonyl (C=O) groups is 1. The van der Waals surface area contributed by atoms with Crippen LogP contribution in [0.1, 0.15) is 5.56 Å². The summed E-state index contributed by atoms with van der Waals surface area (Å²) in [5, 5.41) is 8.65. The largest absolute Gasteiger partial charge is 0.486 e. The molecule has 0 unspecified atom stereocenters. The van der Waals surface area contributed by atoms with Crippen LogP contribution in [-0.4, -0.2) is 25.2 Å². The first-order valence-corrected chi connectivity index (χ1v) is 5.31. The maximum absolute atomic E-state index is 10.6. The average molecular weight is 242 g/mol. The third kappa shape index (κ3) is 3.80. The van der Waals surface area contributed by atoms with E-state index in [-0.39, 0.29) is 5.70 Å². The van der Waals surface area contributed by atoms with Crippen LogP contribution in [-0.2, 0) is 4.79 Å². The second-order valence-electron chi connectivity index (χ2n) is 3.81. The van der Waals surface area contributed by atoms with Gasteiger partial charge < -0.3 is 10.0 Å². The van der Waals surface area contributed by atoms with Crippen molar-refractivity contribution in [1.29, 1.82) is 0 Å². The summed E-state index contributed by atoms with van der Waals surface area (Å²) in [5.41, 5.74) is 1.75. The molecule has 0 atom stereocenters. The highest BCUT2D eigenvalue weighted by atomic mass is 16.4. The quantitative estimate of drug-likeness (QED) is 0.501. The maximum atomic E-state index is 10.6. The van der Waals surface area contributed by atoms with E-state index in [1.54, 1.807) is 12.2 Å². The first-order chi connectivity index (χ1) is 8.54. The SMILES string of the molecule is [C-]#[N+]/C(=C\C=C\c1ccc(N(C)C)cc1)C(=O)O. The van der Waals surface area contributed by atoms with Crippen molar-refractivity contribution in [1.82, 2.24) is 0 Å².